The van der Waals surface area contributed by atoms with Gasteiger partial charge >= 0.3 is 0 Å². The molecule has 8 heteroatoms. The summed E-state index contributed by atoms with van der Waals surface area (Å²) in [5.74, 6) is 0.294. The minimum atomic E-state index is -0.267. The predicted molar refractivity (Wildman–Crippen MR) is 105 cm³/mol. The van der Waals surface area contributed by atoms with Crippen LogP contribution < -0.4 is 10.9 Å². The second-order valence-electron chi connectivity index (χ2n) is 6.51. The number of rotatable bonds is 6. The maximum atomic E-state index is 12.3. The average molecular weight is 376 g/mol. The second kappa shape index (κ2) is 8.33. The first kappa shape index (κ1) is 19.1. The predicted octanol–water partition coefficient (Wildman–Crippen LogP) is 1.39. The van der Waals surface area contributed by atoms with Crippen LogP contribution in [0.1, 0.15) is 15.9 Å². The van der Waals surface area contributed by atoms with Crippen LogP contribution in [-0.2, 0) is 0 Å². The van der Waals surface area contributed by atoms with Crippen LogP contribution in [0.5, 0.6) is 0 Å². The maximum Gasteiger partial charge on any atom is 0.272 e. The fourth-order valence-corrected chi connectivity index (χ4v) is 2.60. The van der Waals surface area contributed by atoms with Crippen molar-refractivity contribution >= 4 is 5.91 Å². The number of benzene rings is 1. The number of H-pyrrole nitrogens is 1. The summed E-state index contributed by atoms with van der Waals surface area (Å²) in [6.45, 7) is 1.30. The lowest BCUT2D eigenvalue weighted by Gasteiger charge is -2.10. The van der Waals surface area contributed by atoms with Crippen molar-refractivity contribution in [2.24, 2.45) is 0 Å². The largest absolute Gasteiger partial charge is 0.351 e. The molecule has 3 rings (SSSR count). The van der Waals surface area contributed by atoms with Crippen molar-refractivity contribution in [3.8, 4) is 23.0 Å². The molecule has 0 aliphatic rings. The number of pyridine rings is 1. The van der Waals surface area contributed by atoms with E-state index in [2.05, 4.69) is 15.4 Å². The molecular formula is C20H20N6O2. The molecule has 1 aromatic carbocycles. The van der Waals surface area contributed by atoms with E-state index in [1.54, 1.807) is 42.6 Å². The second-order valence-corrected chi connectivity index (χ2v) is 6.51. The SMILES string of the molecule is CN(C)CCNC(=O)c1ccc(-n2cc(-c3ccc(C#N)cc3)c(=O)[nH]2)nc1. The van der Waals surface area contributed by atoms with Gasteiger partial charge in [-0.05, 0) is 43.9 Å². The summed E-state index contributed by atoms with van der Waals surface area (Å²) >= 11 is 0. The number of amides is 1. The summed E-state index contributed by atoms with van der Waals surface area (Å²) in [6, 6.07) is 12.1. The molecule has 2 N–H and O–H groups in total. The van der Waals surface area contributed by atoms with Crippen molar-refractivity contribution in [2.75, 3.05) is 27.2 Å². The van der Waals surface area contributed by atoms with E-state index in [-0.39, 0.29) is 11.5 Å². The summed E-state index contributed by atoms with van der Waals surface area (Å²) in [5, 5.41) is 14.4. The fourth-order valence-electron chi connectivity index (χ4n) is 2.60. The van der Waals surface area contributed by atoms with E-state index in [0.29, 0.717) is 34.6 Å². The molecule has 0 aliphatic carbocycles. The number of nitrogens with one attached hydrogen (secondary N) is 2. The van der Waals surface area contributed by atoms with Crippen molar-refractivity contribution in [1.29, 1.82) is 5.26 Å². The first-order valence-corrected chi connectivity index (χ1v) is 8.69. The number of aromatic amines is 1. The van der Waals surface area contributed by atoms with Gasteiger partial charge in [0.2, 0.25) is 0 Å². The van der Waals surface area contributed by atoms with E-state index in [0.717, 1.165) is 6.54 Å². The minimum absolute atomic E-state index is 0.194. The van der Waals surface area contributed by atoms with Crippen molar-refractivity contribution < 1.29 is 4.79 Å². The van der Waals surface area contributed by atoms with Gasteiger partial charge in [-0.3, -0.25) is 14.7 Å². The van der Waals surface area contributed by atoms with Crippen LogP contribution >= 0.6 is 0 Å². The van der Waals surface area contributed by atoms with E-state index in [1.807, 2.05) is 25.1 Å². The lowest BCUT2D eigenvalue weighted by atomic mass is 10.1. The molecular weight excluding hydrogens is 356 g/mol. The maximum absolute atomic E-state index is 12.3. The van der Waals surface area contributed by atoms with Crippen molar-refractivity contribution in [3.63, 3.8) is 0 Å². The van der Waals surface area contributed by atoms with E-state index < -0.39 is 0 Å². The number of nitriles is 1. The number of aromatic nitrogens is 3. The molecule has 28 heavy (non-hydrogen) atoms. The van der Waals surface area contributed by atoms with Gasteiger partial charge in [-0.25, -0.2) is 9.67 Å². The third-order valence-corrected chi connectivity index (χ3v) is 4.15. The first-order chi connectivity index (χ1) is 13.5. The summed E-state index contributed by atoms with van der Waals surface area (Å²) in [7, 11) is 3.87. The molecule has 0 aliphatic heterocycles. The third kappa shape index (κ3) is 4.34. The van der Waals surface area contributed by atoms with Gasteiger partial charge in [-0.2, -0.15) is 5.26 Å². The fraction of sp³-hybridized carbons (Fsp3) is 0.200. The highest BCUT2D eigenvalue weighted by molar-refractivity contribution is 5.93. The lowest BCUT2D eigenvalue weighted by Crippen LogP contribution is -2.31. The van der Waals surface area contributed by atoms with Gasteiger partial charge in [-0.1, -0.05) is 12.1 Å². The monoisotopic (exact) mass is 376 g/mol. The zero-order valence-electron chi connectivity index (χ0n) is 15.6. The topological polar surface area (TPSA) is 107 Å². The summed E-state index contributed by atoms with van der Waals surface area (Å²) in [5.41, 5.74) is 1.88. The van der Waals surface area contributed by atoms with Gasteiger partial charge in [0.05, 0.1) is 22.8 Å². The standard InChI is InChI=1S/C20H20N6O2/c1-25(2)10-9-22-19(27)16-7-8-18(23-12-16)26-13-17(20(28)24-26)15-5-3-14(11-21)4-6-15/h3-8,12-13H,9-10H2,1-2H3,(H,22,27)(H,24,28). The van der Waals surface area contributed by atoms with Gasteiger partial charge in [0, 0.05) is 25.5 Å². The molecule has 1 amide bonds. The molecule has 3 aromatic rings. The van der Waals surface area contributed by atoms with Gasteiger partial charge < -0.3 is 10.2 Å². The van der Waals surface area contributed by atoms with E-state index in [4.69, 9.17) is 5.26 Å². The molecule has 0 atom stereocenters. The Labute approximate surface area is 162 Å². The van der Waals surface area contributed by atoms with Gasteiger partial charge in [0.25, 0.3) is 11.5 Å². The summed E-state index contributed by atoms with van der Waals surface area (Å²) in [6.07, 6.45) is 3.11. The molecule has 0 saturated heterocycles. The number of carbonyl (C=O) groups is 1. The van der Waals surface area contributed by atoms with Crippen LogP contribution in [-0.4, -0.2) is 52.8 Å². The smallest absolute Gasteiger partial charge is 0.272 e. The van der Waals surface area contributed by atoms with Gasteiger partial charge in [0.1, 0.15) is 0 Å². The Hall–Kier alpha value is -3.70. The van der Waals surface area contributed by atoms with Crippen LogP contribution in [0.2, 0.25) is 0 Å². The minimum Gasteiger partial charge on any atom is -0.351 e. The average Bonchev–Trinajstić information content (AvgIpc) is 3.09. The molecule has 8 nitrogen and oxygen atoms in total. The van der Waals surface area contributed by atoms with Crippen LogP contribution in [0.4, 0.5) is 0 Å². The summed E-state index contributed by atoms with van der Waals surface area (Å²) < 4.78 is 1.50. The van der Waals surface area contributed by atoms with Crippen molar-refractivity contribution in [3.05, 3.63) is 70.3 Å². The van der Waals surface area contributed by atoms with E-state index in [9.17, 15) is 9.59 Å². The number of carbonyl (C=O) groups excluding carboxylic acids is 1. The molecule has 142 valence electrons. The quantitative estimate of drug-likeness (QED) is 0.676. The summed E-state index contributed by atoms with van der Waals surface area (Å²) in [4.78, 5) is 30.6. The van der Waals surface area contributed by atoms with E-state index >= 15 is 0 Å². The van der Waals surface area contributed by atoms with Crippen molar-refractivity contribution in [2.45, 2.75) is 0 Å². The highest BCUT2D eigenvalue weighted by atomic mass is 16.1. The Bertz CT molecular complexity index is 1060. The number of likely N-dealkylation sites (N-methyl/N-ethyl adjacent to an activating group) is 1. The van der Waals surface area contributed by atoms with Crippen LogP contribution in [0.25, 0.3) is 16.9 Å². The Morgan fingerprint density at radius 1 is 1.25 bits per heavy atom. The molecule has 0 fully saturated rings. The molecule has 0 unspecified atom stereocenters. The van der Waals surface area contributed by atoms with Crippen LogP contribution in [0.15, 0.2) is 53.6 Å². The van der Waals surface area contributed by atoms with Crippen LogP contribution in [0.3, 0.4) is 0 Å². The zero-order valence-corrected chi connectivity index (χ0v) is 15.6. The van der Waals surface area contributed by atoms with Crippen LogP contribution in [0, 0.1) is 11.3 Å². The Morgan fingerprint density at radius 3 is 2.61 bits per heavy atom. The Balaban J connectivity index is 1.76. The van der Waals surface area contributed by atoms with Gasteiger partial charge in [-0.15, -0.1) is 0 Å². The highest BCUT2D eigenvalue weighted by Crippen LogP contribution is 2.17. The molecule has 2 heterocycles. The zero-order chi connectivity index (χ0) is 20.1. The Kier molecular flexibility index (Phi) is 5.67. The normalized spacial score (nSPS) is 10.6. The lowest BCUT2D eigenvalue weighted by molar-refractivity contribution is 0.0950. The molecule has 0 saturated carbocycles. The molecule has 0 bridgehead atoms. The third-order valence-electron chi connectivity index (χ3n) is 4.15. The molecule has 2 aromatic heterocycles. The first-order valence-electron chi connectivity index (χ1n) is 8.69. The highest BCUT2D eigenvalue weighted by Gasteiger charge is 2.10. The number of hydrogen-bond donors (Lipinski definition) is 2. The van der Waals surface area contributed by atoms with Crippen molar-refractivity contribution in [1.82, 2.24) is 25.0 Å². The number of nitrogens with zero attached hydrogens (tertiary/aromatic N) is 4. The van der Waals surface area contributed by atoms with E-state index in [1.165, 1.54) is 10.9 Å². The Morgan fingerprint density at radius 2 is 2.00 bits per heavy atom. The molecule has 0 spiro atoms. The molecule has 0 radical (unpaired) electrons. The number of hydrogen-bond acceptors (Lipinski definition) is 5. The van der Waals surface area contributed by atoms with Gasteiger partial charge in [0.15, 0.2) is 5.82 Å².